The third kappa shape index (κ3) is 7.52. The summed E-state index contributed by atoms with van der Waals surface area (Å²) in [7, 11) is 0. The van der Waals surface area contributed by atoms with E-state index in [2.05, 4.69) is 5.32 Å². The number of halogens is 3. The van der Waals surface area contributed by atoms with E-state index in [1.165, 1.54) is 0 Å². The molecular formula is C27H31F3N2O6S. The van der Waals surface area contributed by atoms with Crippen LogP contribution in [0, 0.1) is 0 Å². The normalized spacial score (nSPS) is 23.6. The van der Waals surface area contributed by atoms with Crippen molar-refractivity contribution in [3.05, 3.63) is 65.2 Å². The van der Waals surface area contributed by atoms with E-state index in [9.17, 15) is 27.9 Å². The van der Waals surface area contributed by atoms with Gasteiger partial charge in [0.1, 0.15) is 6.04 Å². The molecule has 2 aromatic carbocycles. The van der Waals surface area contributed by atoms with Gasteiger partial charge in [-0.15, -0.1) is 0 Å². The second-order valence-corrected chi connectivity index (χ2v) is 10.6. The zero-order valence-corrected chi connectivity index (χ0v) is 21.9. The highest BCUT2D eigenvalue weighted by Crippen LogP contribution is 2.39. The van der Waals surface area contributed by atoms with Crippen molar-refractivity contribution in [1.29, 1.82) is 0 Å². The van der Waals surface area contributed by atoms with E-state index in [1.54, 1.807) is 36.0 Å². The standard InChI is InChI=1S/C27H31F3N2O6S/c28-27(29,30)26(36)32-11-1-2-22(32)24(35)31-20-9-7-19(8-10-20)25-37-21(16-39-13-12-33)14-23(38-25)18-5-3-17(15-34)4-6-18/h3-10,21-23,25,33-34H,1-2,11-16H2,(H,31,35). The molecule has 3 N–H and O–H groups in total. The smallest absolute Gasteiger partial charge is 0.396 e. The van der Waals surface area contributed by atoms with Crippen LogP contribution < -0.4 is 5.32 Å². The topological polar surface area (TPSA) is 108 Å². The summed E-state index contributed by atoms with van der Waals surface area (Å²) in [5.41, 5.74) is 2.79. The zero-order chi connectivity index (χ0) is 28.0. The minimum Gasteiger partial charge on any atom is -0.396 e. The number of thioether (sulfide) groups is 1. The first-order valence-corrected chi connectivity index (χ1v) is 13.8. The second-order valence-electron chi connectivity index (χ2n) is 9.41. The molecule has 4 atom stereocenters. The maximum atomic E-state index is 12.9. The number of likely N-dealkylation sites (tertiary alicyclic amines) is 1. The van der Waals surface area contributed by atoms with Gasteiger partial charge in [0, 0.05) is 35.7 Å². The first-order valence-electron chi connectivity index (χ1n) is 12.7. The molecule has 2 heterocycles. The van der Waals surface area contributed by atoms with Crippen molar-refractivity contribution in [2.75, 3.05) is 30.0 Å². The minimum atomic E-state index is -5.03. The summed E-state index contributed by atoms with van der Waals surface area (Å²) >= 11 is 1.58. The third-order valence-corrected chi connectivity index (χ3v) is 7.74. The number of hydrogen-bond acceptors (Lipinski definition) is 7. The molecule has 2 saturated heterocycles. The number of nitrogens with one attached hydrogen (secondary N) is 1. The predicted molar refractivity (Wildman–Crippen MR) is 139 cm³/mol. The number of amides is 2. The van der Waals surface area contributed by atoms with Gasteiger partial charge >= 0.3 is 12.1 Å². The summed E-state index contributed by atoms with van der Waals surface area (Å²) < 4.78 is 51.2. The van der Waals surface area contributed by atoms with Crippen LogP contribution in [0.1, 0.15) is 48.3 Å². The average Bonchev–Trinajstić information content (AvgIpc) is 3.43. The molecule has 0 aliphatic carbocycles. The number of anilines is 1. The SMILES string of the molecule is O=C(Nc1ccc(C2OC(CSCCO)CC(c3ccc(CO)cc3)O2)cc1)C1CCCN1C(=O)C(F)(F)F. The fourth-order valence-corrected chi connectivity index (χ4v) is 5.47. The van der Waals surface area contributed by atoms with Crippen molar-refractivity contribution in [3.8, 4) is 0 Å². The Balaban J connectivity index is 1.44. The van der Waals surface area contributed by atoms with Crippen LogP contribution in [0.25, 0.3) is 0 Å². The molecule has 2 aromatic rings. The molecule has 39 heavy (non-hydrogen) atoms. The highest BCUT2D eigenvalue weighted by Gasteiger charge is 2.47. The second kappa shape index (κ2) is 13.1. The molecule has 212 valence electrons. The third-order valence-electron chi connectivity index (χ3n) is 6.66. The van der Waals surface area contributed by atoms with Gasteiger partial charge in [-0.25, -0.2) is 0 Å². The molecule has 2 amide bonds. The number of rotatable bonds is 9. The van der Waals surface area contributed by atoms with Crippen molar-refractivity contribution in [3.63, 3.8) is 0 Å². The van der Waals surface area contributed by atoms with E-state index in [0.29, 0.717) is 40.5 Å². The summed E-state index contributed by atoms with van der Waals surface area (Å²) in [5.74, 6) is -1.43. The molecule has 0 spiro atoms. The fourth-order valence-electron chi connectivity index (χ4n) is 4.70. The van der Waals surface area contributed by atoms with Crippen LogP contribution in [0.15, 0.2) is 48.5 Å². The van der Waals surface area contributed by atoms with Crippen LogP contribution in [-0.2, 0) is 25.7 Å². The fraction of sp³-hybridized carbons (Fsp3) is 0.481. The van der Waals surface area contributed by atoms with Gasteiger partial charge in [0.2, 0.25) is 5.91 Å². The van der Waals surface area contributed by atoms with E-state index in [1.807, 2.05) is 24.3 Å². The van der Waals surface area contributed by atoms with Gasteiger partial charge in [-0.2, -0.15) is 24.9 Å². The summed E-state index contributed by atoms with van der Waals surface area (Å²) in [6.07, 6.45) is -5.08. The Bertz CT molecular complexity index is 1120. The molecule has 4 unspecified atom stereocenters. The lowest BCUT2D eigenvalue weighted by atomic mass is 10.0. The molecule has 2 aliphatic heterocycles. The van der Waals surface area contributed by atoms with Crippen LogP contribution in [-0.4, -0.2) is 69.9 Å². The van der Waals surface area contributed by atoms with Crippen LogP contribution in [0.3, 0.4) is 0 Å². The van der Waals surface area contributed by atoms with Gasteiger partial charge in [0.15, 0.2) is 6.29 Å². The summed E-state index contributed by atoms with van der Waals surface area (Å²) in [5, 5.41) is 21.1. The van der Waals surface area contributed by atoms with Gasteiger partial charge in [-0.05, 0) is 36.1 Å². The highest BCUT2D eigenvalue weighted by atomic mass is 32.2. The van der Waals surface area contributed by atoms with E-state index in [0.717, 1.165) is 11.1 Å². The first-order chi connectivity index (χ1) is 18.7. The lowest BCUT2D eigenvalue weighted by molar-refractivity contribution is -0.245. The molecule has 0 radical (unpaired) electrons. The summed E-state index contributed by atoms with van der Waals surface area (Å²) in [4.78, 5) is 25.0. The van der Waals surface area contributed by atoms with Gasteiger partial charge in [-0.3, -0.25) is 9.59 Å². The number of hydrogen-bond donors (Lipinski definition) is 3. The van der Waals surface area contributed by atoms with Gasteiger partial charge in [0.25, 0.3) is 0 Å². The molecule has 12 heteroatoms. The quantitative estimate of drug-likeness (QED) is 0.394. The van der Waals surface area contributed by atoms with Crippen molar-refractivity contribution < 1.29 is 42.4 Å². The largest absolute Gasteiger partial charge is 0.471 e. The average molecular weight is 569 g/mol. The van der Waals surface area contributed by atoms with E-state index >= 15 is 0 Å². The lowest BCUT2D eigenvalue weighted by Gasteiger charge is -2.36. The Hall–Kier alpha value is -2.64. The van der Waals surface area contributed by atoms with Crippen molar-refractivity contribution in [2.45, 2.75) is 56.6 Å². The Morgan fingerprint density at radius 2 is 1.72 bits per heavy atom. The molecule has 0 bridgehead atoms. The van der Waals surface area contributed by atoms with Crippen molar-refractivity contribution >= 4 is 29.3 Å². The number of nitrogens with zero attached hydrogens (tertiary/aromatic N) is 1. The number of carbonyl (C=O) groups is 2. The van der Waals surface area contributed by atoms with E-state index < -0.39 is 30.3 Å². The van der Waals surface area contributed by atoms with Crippen LogP contribution in [0.2, 0.25) is 0 Å². The van der Waals surface area contributed by atoms with Gasteiger partial charge in [0.05, 0.1) is 25.4 Å². The molecule has 0 aromatic heterocycles. The van der Waals surface area contributed by atoms with E-state index in [4.69, 9.17) is 14.6 Å². The number of alkyl halides is 3. The monoisotopic (exact) mass is 568 g/mol. The summed E-state index contributed by atoms with van der Waals surface area (Å²) in [6, 6.07) is 13.0. The van der Waals surface area contributed by atoms with Crippen molar-refractivity contribution in [2.24, 2.45) is 0 Å². The number of carbonyl (C=O) groups excluding carboxylic acids is 2. The molecule has 2 fully saturated rings. The minimum absolute atomic E-state index is 0.0573. The maximum Gasteiger partial charge on any atom is 0.471 e. The van der Waals surface area contributed by atoms with Crippen LogP contribution in [0.5, 0.6) is 0 Å². The van der Waals surface area contributed by atoms with Crippen LogP contribution in [0.4, 0.5) is 18.9 Å². The Morgan fingerprint density at radius 1 is 1.03 bits per heavy atom. The maximum absolute atomic E-state index is 12.9. The lowest BCUT2D eigenvalue weighted by Crippen LogP contribution is -2.48. The Morgan fingerprint density at radius 3 is 2.36 bits per heavy atom. The van der Waals surface area contributed by atoms with Gasteiger partial charge < -0.3 is 29.9 Å². The highest BCUT2D eigenvalue weighted by molar-refractivity contribution is 7.99. The number of benzene rings is 2. The molecule has 0 saturated carbocycles. The molecule has 2 aliphatic rings. The molecular weight excluding hydrogens is 537 g/mol. The molecule has 8 nitrogen and oxygen atoms in total. The Labute approximate surface area is 228 Å². The van der Waals surface area contributed by atoms with Gasteiger partial charge in [-0.1, -0.05) is 36.4 Å². The number of aliphatic hydroxyl groups is 2. The first kappa shape index (κ1) is 29.3. The van der Waals surface area contributed by atoms with Crippen LogP contribution >= 0.6 is 11.8 Å². The molecule has 4 rings (SSSR count). The zero-order valence-electron chi connectivity index (χ0n) is 21.1. The summed E-state index contributed by atoms with van der Waals surface area (Å²) in [6.45, 7) is -0.106. The number of aliphatic hydroxyl groups excluding tert-OH is 2. The van der Waals surface area contributed by atoms with Crippen molar-refractivity contribution in [1.82, 2.24) is 4.90 Å². The number of ether oxygens (including phenoxy) is 2. The Kier molecular flexibility index (Phi) is 9.89. The van der Waals surface area contributed by atoms with E-state index in [-0.39, 0.29) is 38.4 Å². The predicted octanol–water partition coefficient (Wildman–Crippen LogP) is 3.94.